The smallest absolute Gasteiger partial charge is 0.454 e. The lowest BCUT2D eigenvalue weighted by Gasteiger charge is -2.30. The molecule has 0 aromatic heterocycles. The number of ketones is 1. The Hall–Kier alpha value is -3.64. The molecule has 1 N–H and O–H groups in total. The maximum atomic E-state index is 12.4. The second-order valence-electron chi connectivity index (χ2n) is 7.20. The average Bonchev–Trinajstić information content (AvgIpc) is 2.76. The lowest BCUT2D eigenvalue weighted by atomic mass is 9.97. The molecule has 13 heteroatoms. The molecule has 1 saturated heterocycles. The first-order chi connectivity index (χ1) is 15.4. The number of non-ortho nitro benzene ring substituents is 1. The van der Waals surface area contributed by atoms with E-state index in [1.807, 2.05) is 0 Å². The van der Waals surface area contributed by atoms with Crippen molar-refractivity contribution in [3.63, 3.8) is 0 Å². The van der Waals surface area contributed by atoms with Crippen LogP contribution in [0.1, 0.15) is 19.8 Å². The highest BCUT2D eigenvalue weighted by atomic mass is 19.4. The summed E-state index contributed by atoms with van der Waals surface area (Å²) in [4.78, 5) is 47.5. The maximum Gasteiger partial charge on any atom is 0.454 e. The minimum atomic E-state index is -4.94. The third-order valence-corrected chi connectivity index (χ3v) is 4.89. The Morgan fingerprint density at radius 1 is 1.27 bits per heavy atom. The van der Waals surface area contributed by atoms with Gasteiger partial charge in [-0.1, -0.05) is 0 Å². The Morgan fingerprint density at radius 2 is 1.91 bits per heavy atom. The molecule has 1 aliphatic rings. The molecule has 33 heavy (non-hydrogen) atoms. The molecule has 0 aliphatic carbocycles. The van der Waals surface area contributed by atoms with Gasteiger partial charge in [0.15, 0.2) is 6.10 Å². The highest BCUT2D eigenvalue weighted by molar-refractivity contribution is 5.96. The molecular formula is C20H22F3N3O7. The Kier molecular flexibility index (Phi) is 8.38. The van der Waals surface area contributed by atoms with Crippen LogP contribution in [0, 0.1) is 16.0 Å². The number of ether oxygens (including phenoxy) is 2. The van der Waals surface area contributed by atoms with Crippen molar-refractivity contribution < 1.29 is 42.0 Å². The summed E-state index contributed by atoms with van der Waals surface area (Å²) in [5, 5.41) is 13.4. The summed E-state index contributed by atoms with van der Waals surface area (Å²) >= 11 is 0. The molecule has 1 aliphatic heterocycles. The first-order valence-electron chi connectivity index (χ1n) is 9.79. The van der Waals surface area contributed by atoms with E-state index >= 15 is 0 Å². The molecule has 1 heterocycles. The van der Waals surface area contributed by atoms with Crippen LogP contribution in [-0.2, 0) is 19.1 Å². The molecule has 0 unspecified atom stereocenters. The van der Waals surface area contributed by atoms with Crippen molar-refractivity contribution in [1.29, 1.82) is 0 Å². The number of likely N-dealkylation sites (tertiary alicyclic amines) is 1. The van der Waals surface area contributed by atoms with Crippen LogP contribution >= 0.6 is 0 Å². The molecule has 0 saturated carbocycles. The predicted octanol–water partition coefficient (Wildman–Crippen LogP) is 2.83. The van der Waals surface area contributed by atoms with Crippen molar-refractivity contribution in [3.8, 4) is 5.75 Å². The summed E-state index contributed by atoms with van der Waals surface area (Å²) in [5.74, 6) is -3.75. The van der Waals surface area contributed by atoms with Gasteiger partial charge < -0.3 is 19.7 Å². The Balaban J connectivity index is 1.89. The van der Waals surface area contributed by atoms with Crippen molar-refractivity contribution in [2.24, 2.45) is 5.92 Å². The number of piperidine rings is 1. The van der Waals surface area contributed by atoms with E-state index in [9.17, 15) is 37.7 Å². The van der Waals surface area contributed by atoms with Gasteiger partial charge >= 0.3 is 12.1 Å². The van der Waals surface area contributed by atoms with E-state index in [0.717, 1.165) is 12.3 Å². The number of hydrogen-bond acceptors (Lipinski definition) is 8. The minimum Gasteiger partial charge on any atom is -0.495 e. The topological polar surface area (TPSA) is 128 Å². The summed E-state index contributed by atoms with van der Waals surface area (Å²) in [6, 6.07) is 3.63. The Morgan fingerprint density at radius 3 is 2.45 bits per heavy atom. The number of allylic oxidation sites excluding steroid dienone is 1. The number of carbonyl (C=O) groups excluding carboxylic acids is 3. The van der Waals surface area contributed by atoms with Crippen LogP contribution in [0.5, 0.6) is 5.75 Å². The van der Waals surface area contributed by atoms with Gasteiger partial charge in [-0.15, -0.1) is 0 Å². The largest absolute Gasteiger partial charge is 0.495 e. The Labute approximate surface area is 186 Å². The van der Waals surface area contributed by atoms with Crippen molar-refractivity contribution >= 4 is 29.0 Å². The summed E-state index contributed by atoms with van der Waals surface area (Å²) in [6.07, 6.45) is -4.16. The van der Waals surface area contributed by atoms with Crippen molar-refractivity contribution in [2.45, 2.75) is 32.0 Å². The van der Waals surface area contributed by atoms with Crippen molar-refractivity contribution in [3.05, 3.63) is 40.6 Å². The van der Waals surface area contributed by atoms with Gasteiger partial charge in [-0.2, -0.15) is 13.2 Å². The molecule has 1 fully saturated rings. The number of anilines is 1. The van der Waals surface area contributed by atoms with E-state index in [2.05, 4.69) is 5.32 Å². The van der Waals surface area contributed by atoms with Crippen LogP contribution in [0.15, 0.2) is 30.5 Å². The van der Waals surface area contributed by atoms with Crippen LogP contribution in [0.25, 0.3) is 0 Å². The number of esters is 1. The summed E-state index contributed by atoms with van der Waals surface area (Å²) in [6.45, 7) is 1.79. The molecule has 1 aromatic rings. The quantitative estimate of drug-likeness (QED) is 0.264. The predicted molar refractivity (Wildman–Crippen MR) is 108 cm³/mol. The van der Waals surface area contributed by atoms with E-state index in [0.29, 0.717) is 6.08 Å². The van der Waals surface area contributed by atoms with E-state index in [-0.39, 0.29) is 43.1 Å². The standard InChI is InChI=1S/C20H22F3N3O7/c1-12(18(28)24-15-11-14(26(30)31)3-4-16(15)32-2)33-19(29)13-5-8-25(9-6-13)10-7-17(27)20(21,22)23/h3-4,7,10-13H,5-6,8-9H2,1-2H3,(H,24,28)/b10-7+/t12-/m0/s1. The summed E-state index contributed by atoms with van der Waals surface area (Å²) < 4.78 is 47.0. The number of amides is 1. The van der Waals surface area contributed by atoms with Crippen molar-refractivity contribution in [1.82, 2.24) is 4.90 Å². The molecule has 1 atom stereocenters. The van der Waals surface area contributed by atoms with Gasteiger partial charge in [0.2, 0.25) is 0 Å². The van der Waals surface area contributed by atoms with E-state index < -0.39 is 40.8 Å². The summed E-state index contributed by atoms with van der Waals surface area (Å²) in [5.41, 5.74) is -0.235. The number of nitrogens with one attached hydrogen (secondary N) is 1. The van der Waals surface area contributed by atoms with E-state index in [1.165, 1.54) is 31.1 Å². The van der Waals surface area contributed by atoms with Crippen LogP contribution in [0.4, 0.5) is 24.5 Å². The second kappa shape index (κ2) is 10.8. The number of halogens is 3. The number of nitrogens with zero attached hydrogens (tertiary/aromatic N) is 2. The maximum absolute atomic E-state index is 12.4. The SMILES string of the molecule is COc1ccc([N+](=O)[O-])cc1NC(=O)[C@H](C)OC(=O)C1CCN(/C=C/C(=O)C(F)(F)F)CC1. The molecule has 10 nitrogen and oxygen atoms in total. The zero-order chi connectivity index (χ0) is 24.8. The van der Waals surface area contributed by atoms with Gasteiger partial charge in [-0.25, -0.2) is 0 Å². The number of hydrogen-bond donors (Lipinski definition) is 1. The number of benzene rings is 1. The molecule has 1 aromatic carbocycles. The van der Waals surface area contributed by atoms with Gasteiger partial charge in [0.1, 0.15) is 5.75 Å². The molecule has 0 spiro atoms. The fourth-order valence-electron chi connectivity index (χ4n) is 3.02. The van der Waals surface area contributed by atoms with Crippen LogP contribution < -0.4 is 10.1 Å². The van der Waals surface area contributed by atoms with Crippen LogP contribution in [0.3, 0.4) is 0 Å². The number of nitro groups is 1. The monoisotopic (exact) mass is 473 g/mol. The lowest BCUT2D eigenvalue weighted by Crippen LogP contribution is -2.37. The Bertz CT molecular complexity index is 941. The van der Waals surface area contributed by atoms with Gasteiger partial charge in [-0.3, -0.25) is 24.5 Å². The molecule has 0 radical (unpaired) electrons. The highest BCUT2D eigenvalue weighted by Gasteiger charge is 2.36. The normalized spacial score (nSPS) is 15.7. The zero-order valence-corrected chi connectivity index (χ0v) is 17.8. The fraction of sp³-hybridized carbons (Fsp3) is 0.450. The van der Waals surface area contributed by atoms with Gasteiger partial charge in [0, 0.05) is 37.5 Å². The number of alkyl halides is 3. The second-order valence-corrected chi connectivity index (χ2v) is 7.20. The number of carbonyl (C=O) groups is 3. The first kappa shape index (κ1) is 25.6. The minimum absolute atomic E-state index is 0.0353. The summed E-state index contributed by atoms with van der Waals surface area (Å²) in [7, 11) is 1.32. The molecule has 180 valence electrons. The van der Waals surface area contributed by atoms with Crippen LogP contribution in [0.2, 0.25) is 0 Å². The molecule has 2 rings (SSSR count). The van der Waals surface area contributed by atoms with Gasteiger partial charge in [-0.05, 0) is 25.8 Å². The average molecular weight is 473 g/mol. The highest BCUT2D eigenvalue weighted by Crippen LogP contribution is 2.29. The van der Waals surface area contributed by atoms with E-state index in [4.69, 9.17) is 9.47 Å². The first-order valence-corrected chi connectivity index (χ1v) is 9.79. The number of nitro benzene ring substituents is 1. The van der Waals surface area contributed by atoms with Crippen molar-refractivity contribution in [2.75, 3.05) is 25.5 Å². The third kappa shape index (κ3) is 7.19. The molecule has 1 amide bonds. The zero-order valence-electron chi connectivity index (χ0n) is 17.8. The van der Waals surface area contributed by atoms with Gasteiger partial charge in [0.05, 0.1) is 23.6 Å². The third-order valence-electron chi connectivity index (χ3n) is 4.89. The van der Waals surface area contributed by atoms with Gasteiger partial charge in [0.25, 0.3) is 17.4 Å². The molecule has 0 bridgehead atoms. The van der Waals surface area contributed by atoms with E-state index in [1.54, 1.807) is 0 Å². The lowest BCUT2D eigenvalue weighted by molar-refractivity contribution is -0.384. The number of methoxy groups -OCH3 is 1. The number of rotatable bonds is 8. The molecular weight excluding hydrogens is 451 g/mol. The van der Waals surface area contributed by atoms with Crippen LogP contribution in [-0.4, -0.2) is 60.0 Å². The fourth-order valence-corrected chi connectivity index (χ4v) is 3.02.